The molecule has 2 heterocycles. The molecule has 8 heteroatoms. The summed E-state index contributed by atoms with van der Waals surface area (Å²) in [5.74, 6) is 3.65. The van der Waals surface area contributed by atoms with Crippen LogP contribution in [0.3, 0.4) is 0 Å². The number of rotatable bonds is 8. The lowest BCUT2D eigenvalue weighted by molar-refractivity contribution is 0.755. The fraction of sp³-hybridized carbons (Fsp3) is 0.533. The highest BCUT2D eigenvalue weighted by Crippen LogP contribution is 2.08. The number of thiophene rings is 1. The Hall–Kier alpha value is -1.54. The van der Waals surface area contributed by atoms with E-state index in [9.17, 15) is 0 Å². The van der Waals surface area contributed by atoms with E-state index in [1.807, 2.05) is 30.3 Å². The maximum Gasteiger partial charge on any atom is 0.191 e. The smallest absolute Gasteiger partial charge is 0.191 e. The van der Waals surface area contributed by atoms with Crippen LogP contribution in [0, 0.1) is 6.92 Å². The van der Waals surface area contributed by atoms with Crippen molar-refractivity contribution in [2.75, 3.05) is 25.1 Å². The Balaban J connectivity index is 1.89. The Kier molecular flexibility index (Phi) is 7.41. The molecular weight excluding hydrogens is 328 g/mol. The van der Waals surface area contributed by atoms with Crippen LogP contribution in [0.2, 0.25) is 0 Å². The molecule has 0 aliphatic rings. The second-order valence-corrected chi connectivity index (χ2v) is 7.08. The Labute approximate surface area is 145 Å². The molecule has 2 rings (SSSR count). The number of nitrogens with zero attached hydrogens (tertiary/aromatic N) is 4. The van der Waals surface area contributed by atoms with E-state index >= 15 is 0 Å². The van der Waals surface area contributed by atoms with E-state index in [4.69, 9.17) is 0 Å². The highest BCUT2D eigenvalue weighted by atomic mass is 32.2. The van der Waals surface area contributed by atoms with E-state index in [1.165, 1.54) is 4.88 Å². The van der Waals surface area contributed by atoms with Crippen molar-refractivity contribution >= 4 is 29.1 Å². The van der Waals surface area contributed by atoms with Crippen LogP contribution >= 0.6 is 23.1 Å². The number of nitrogens with one attached hydrogen (secondary N) is 2. The molecule has 0 saturated carbocycles. The van der Waals surface area contributed by atoms with Crippen LogP contribution in [-0.2, 0) is 20.0 Å². The minimum absolute atomic E-state index is 0.519. The lowest BCUT2D eigenvalue weighted by Crippen LogP contribution is -2.39. The molecule has 0 atom stereocenters. The summed E-state index contributed by atoms with van der Waals surface area (Å²) in [5.41, 5.74) is 0. The molecule has 126 valence electrons. The van der Waals surface area contributed by atoms with Crippen LogP contribution in [0.1, 0.15) is 16.5 Å². The van der Waals surface area contributed by atoms with Gasteiger partial charge in [-0.15, -0.1) is 21.5 Å². The van der Waals surface area contributed by atoms with Gasteiger partial charge in [-0.05, 0) is 31.0 Å². The predicted octanol–water partition coefficient (Wildman–Crippen LogP) is 1.83. The zero-order chi connectivity index (χ0) is 16.5. The van der Waals surface area contributed by atoms with Crippen molar-refractivity contribution in [2.24, 2.45) is 12.0 Å². The van der Waals surface area contributed by atoms with Crippen LogP contribution in [0.5, 0.6) is 0 Å². The molecule has 0 amide bonds. The van der Waals surface area contributed by atoms with Gasteiger partial charge in [0, 0.05) is 30.8 Å². The zero-order valence-electron chi connectivity index (χ0n) is 13.9. The largest absolute Gasteiger partial charge is 0.356 e. The molecule has 0 aliphatic carbocycles. The van der Waals surface area contributed by atoms with Crippen LogP contribution in [-0.4, -0.2) is 45.8 Å². The first-order valence-electron chi connectivity index (χ1n) is 7.59. The van der Waals surface area contributed by atoms with Crippen molar-refractivity contribution in [2.45, 2.75) is 19.9 Å². The van der Waals surface area contributed by atoms with E-state index in [1.54, 1.807) is 11.3 Å². The molecule has 23 heavy (non-hydrogen) atoms. The van der Waals surface area contributed by atoms with Crippen molar-refractivity contribution < 1.29 is 0 Å². The van der Waals surface area contributed by atoms with Crippen LogP contribution in [0.4, 0.5) is 0 Å². The summed E-state index contributed by atoms with van der Waals surface area (Å²) in [5, 5.41) is 17.1. The first-order chi connectivity index (χ1) is 11.2. The summed E-state index contributed by atoms with van der Waals surface area (Å²) in [6, 6.07) is 4.24. The van der Waals surface area contributed by atoms with Crippen molar-refractivity contribution in [1.82, 2.24) is 25.4 Å². The molecule has 0 aromatic carbocycles. The van der Waals surface area contributed by atoms with Crippen molar-refractivity contribution in [3.05, 3.63) is 34.0 Å². The van der Waals surface area contributed by atoms with Gasteiger partial charge < -0.3 is 15.2 Å². The van der Waals surface area contributed by atoms with Gasteiger partial charge in [0.25, 0.3) is 0 Å². The van der Waals surface area contributed by atoms with Gasteiger partial charge in [0.2, 0.25) is 0 Å². The van der Waals surface area contributed by atoms with Gasteiger partial charge in [-0.3, -0.25) is 0 Å². The van der Waals surface area contributed by atoms with Gasteiger partial charge in [-0.2, -0.15) is 11.8 Å². The fourth-order valence-electron chi connectivity index (χ4n) is 1.94. The SMILES string of the molecule is CSCCNC(=NCc1nnc(C)n1C)NCCc1cccs1. The molecule has 0 bridgehead atoms. The number of aryl methyl sites for hydroxylation is 1. The van der Waals surface area contributed by atoms with Crippen LogP contribution in [0.15, 0.2) is 22.5 Å². The third-order valence-electron chi connectivity index (χ3n) is 3.40. The van der Waals surface area contributed by atoms with E-state index in [0.717, 1.165) is 42.9 Å². The maximum absolute atomic E-state index is 4.62. The topological polar surface area (TPSA) is 67.1 Å². The van der Waals surface area contributed by atoms with E-state index in [2.05, 4.69) is 49.6 Å². The average molecular weight is 353 g/mol. The molecule has 0 spiro atoms. The molecule has 0 radical (unpaired) electrons. The number of aromatic nitrogens is 3. The van der Waals surface area contributed by atoms with Gasteiger partial charge in [-0.1, -0.05) is 6.07 Å². The number of hydrogen-bond donors (Lipinski definition) is 2. The lowest BCUT2D eigenvalue weighted by Gasteiger charge is -2.12. The molecule has 2 N–H and O–H groups in total. The molecule has 0 fully saturated rings. The quantitative estimate of drug-likeness (QED) is 0.431. The molecule has 0 unspecified atom stereocenters. The minimum Gasteiger partial charge on any atom is -0.356 e. The standard InChI is InChI=1S/C15H24N6S2/c1-12-19-20-14(21(12)2)11-18-15(17-8-10-22-3)16-7-6-13-5-4-9-23-13/h4-5,9H,6-8,10-11H2,1-3H3,(H2,16,17,18). The predicted molar refractivity (Wildman–Crippen MR) is 99.3 cm³/mol. The second-order valence-electron chi connectivity index (χ2n) is 5.06. The third kappa shape index (κ3) is 5.87. The Bertz CT molecular complexity index is 606. The van der Waals surface area contributed by atoms with E-state index in [-0.39, 0.29) is 0 Å². The van der Waals surface area contributed by atoms with Crippen molar-refractivity contribution in [1.29, 1.82) is 0 Å². The zero-order valence-corrected chi connectivity index (χ0v) is 15.5. The molecule has 2 aromatic rings. The molecule has 2 aromatic heterocycles. The van der Waals surface area contributed by atoms with E-state index < -0.39 is 0 Å². The summed E-state index contributed by atoms with van der Waals surface area (Å²) < 4.78 is 1.97. The highest BCUT2D eigenvalue weighted by molar-refractivity contribution is 7.98. The third-order valence-corrected chi connectivity index (χ3v) is 4.95. The summed E-state index contributed by atoms with van der Waals surface area (Å²) in [6.07, 6.45) is 3.11. The van der Waals surface area contributed by atoms with Gasteiger partial charge in [-0.25, -0.2) is 4.99 Å². The normalized spacial score (nSPS) is 11.7. The molecular formula is C15H24N6S2. The number of guanidine groups is 1. The lowest BCUT2D eigenvalue weighted by atomic mass is 10.3. The number of thioether (sulfide) groups is 1. The van der Waals surface area contributed by atoms with Gasteiger partial charge >= 0.3 is 0 Å². The van der Waals surface area contributed by atoms with Crippen LogP contribution in [0.25, 0.3) is 0 Å². The van der Waals surface area contributed by atoms with Crippen molar-refractivity contribution in [3.63, 3.8) is 0 Å². The number of aliphatic imine (C=N–C) groups is 1. The highest BCUT2D eigenvalue weighted by Gasteiger charge is 2.05. The Morgan fingerprint density at radius 3 is 2.83 bits per heavy atom. The first-order valence-corrected chi connectivity index (χ1v) is 9.86. The average Bonchev–Trinajstić information content (AvgIpc) is 3.17. The fourth-order valence-corrected chi connectivity index (χ4v) is 2.96. The van der Waals surface area contributed by atoms with Gasteiger partial charge in [0.05, 0.1) is 0 Å². The summed E-state index contributed by atoms with van der Waals surface area (Å²) in [6.45, 7) is 4.22. The van der Waals surface area contributed by atoms with Crippen LogP contribution < -0.4 is 10.6 Å². The van der Waals surface area contributed by atoms with E-state index in [0.29, 0.717) is 6.54 Å². The minimum atomic E-state index is 0.519. The monoisotopic (exact) mass is 352 g/mol. The summed E-state index contributed by atoms with van der Waals surface area (Å²) in [7, 11) is 1.96. The summed E-state index contributed by atoms with van der Waals surface area (Å²) in [4.78, 5) is 6.00. The van der Waals surface area contributed by atoms with Gasteiger partial charge in [0.15, 0.2) is 11.8 Å². The second kappa shape index (κ2) is 9.57. The maximum atomic E-state index is 4.62. The number of hydrogen-bond acceptors (Lipinski definition) is 5. The molecule has 6 nitrogen and oxygen atoms in total. The first kappa shape index (κ1) is 17.8. The Morgan fingerprint density at radius 1 is 1.35 bits per heavy atom. The summed E-state index contributed by atoms with van der Waals surface area (Å²) >= 11 is 3.60. The van der Waals surface area contributed by atoms with Gasteiger partial charge in [0.1, 0.15) is 12.4 Å². The molecule has 0 saturated heterocycles. The van der Waals surface area contributed by atoms with Crippen molar-refractivity contribution in [3.8, 4) is 0 Å². The Morgan fingerprint density at radius 2 is 2.17 bits per heavy atom. The molecule has 0 aliphatic heterocycles.